The maximum absolute atomic E-state index is 13.2. The molecule has 390 valence electrons. The summed E-state index contributed by atoms with van der Waals surface area (Å²) in [5.74, 6) is -0.980. The van der Waals surface area contributed by atoms with Crippen LogP contribution in [0.2, 0.25) is 5.02 Å². The van der Waals surface area contributed by atoms with Gasteiger partial charge < -0.3 is 40.3 Å². The summed E-state index contributed by atoms with van der Waals surface area (Å²) in [7, 11) is 10.2. The first-order valence-corrected chi connectivity index (χ1v) is 25.9. The molecule has 3 fully saturated rings. The summed E-state index contributed by atoms with van der Waals surface area (Å²) < 4.78 is 31.8. The van der Waals surface area contributed by atoms with E-state index < -0.39 is 11.6 Å². The molecule has 1 saturated heterocycles. The van der Waals surface area contributed by atoms with Crippen LogP contribution in [-0.2, 0) is 38.6 Å². The molecule has 1 aliphatic heterocycles. The van der Waals surface area contributed by atoms with E-state index in [0.29, 0.717) is 18.7 Å². The maximum Gasteiger partial charge on any atom is 0.223 e. The Morgan fingerprint density at radius 3 is 1.71 bits per heavy atom. The summed E-state index contributed by atoms with van der Waals surface area (Å²) in [4.78, 5) is 58.8. The van der Waals surface area contributed by atoms with E-state index in [1.165, 1.54) is 28.8 Å². The molecule has 0 spiro atoms. The van der Waals surface area contributed by atoms with Gasteiger partial charge in [-0.05, 0) is 152 Å². The average molecular weight is 1010 g/mol. The summed E-state index contributed by atoms with van der Waals surface area (Å²) in [5.41, 5.74) is 5.52. The fraction of sp³-hybridized carbons (Fsp3) is 0.509. The Morgan fingerprint density at radius 2 is 1.17 bits per heavy atom. The summed E-state index contributed by atoms with van der Waals surface area (Å²) in [5, 5.41) is 9.60. The fourth-order valence-electron chi connectivity index (χ4n) is 10.6. The molecular formula is C57H76ClF2N7O5. The Labute approximate surface area is 431 Å². The molecule has 4 amide bonds. The number of amides is 4. The van der Waals surface area contributed by atoms with Crippen molar-refractivity contribution in [2.45, 2.75) is 127 Å². The van der Waals surface area contributed by atoms with E-state index in [0.717, 1.165) is 99.8 Å². The lowest BCUT2D eigenvalue weighted by molar-refractivity contribution is -0.134. The van der Waals surface area contributed by atoms with Gasteiger partial charge in [-0.3, -0.25) is 19.2 Å². The van der Waals surface area contributed by atoms with E-state index >= 15 is 0 Å². The number of halogens is 3. The smallest absolute Gasteiger partial charge is 0.223 e. The van der Waals surface area contributed by atoms with Crippen molar-refractivity contribution in [3.63, 3.8) is 0 Å². The Balaban J connectivity index is 0.000000237. The number of carbonyl (C=O) groups is 4. The third-order valence-corrected chi connectivity index (χ3v) is 15.4. The number of anilines is 1. The van der Waals surface area contributed by atoms with Gasteiger partial charge in [-0.1, -0.05) is 59.6 Å². The van der Waals surface area contributed by atoms with E-state index in [1.54, 1.807) is 7.11 Å². The second-order valence-electron chi connectivity index (χ2n) is 20.5. The van der Waals surface area contributed by atoms with Crippen LogP contribution in [0.15, 0.2) is 91.0 Å². The third-order valence-electron chi connectivity index (χ3n) is 15.1. The van der Waals surface area contributed by atoms with E-state index in [2.05, 4.69) is 108 Å². The minimum absolute atomic E-state index is 0.00518. The maximum atomic E-state index is 13.2. The van der Waals surface area contributed by atoms with Crippen molar-refractivity contribution in [3.8, 4) is 5.75 Å². The molecule has 2 aliphatic carbocycles. The highest BCUT2D eigenvalue weighted by molar-refractivity contribution is 6.30. The van der Waals surface area contributed by atoms with E-state index in [1.807, 2.05) is 35.2 Å². The number of likely N-dealkylation sites (N-methyl/N-ethyl adjacent to an activating group) is 2. The van der Waals surface area contributed by atoms with Gasteiger partial charge in [-0.25, -0.2) is 8.78 Å². The number of benzene rings is 4. The van der Waals surface area contributed by atoms with Crippen molar-refractivity contribution in [1.82, 2.24) is 30.7 Å². The first-order chi connectivity index (χ1) is 34.4. The van der Waals surface area contributed by atoms with Gasteiger partial charge in [0.2, 0.25) is 23.6 Å². The van der Waals surface area contributed by atoms with Crippen LogP contribution in [-0.4, -0.2) is 123 Å². The van der Waals surface area contributed by atoms with Gasteiger partial charge in [0.15, 0.2) is 0 Å². The monoisotopic (exact) mass is 1010 g/mol. The molecule has 0 radical (unpaired) electrons. The number of rotatable bonds is 18. The zero-order valence-corrected chi connectivity index (χ0v) is 44.0. The van der Waals surface area contributed by atoms with Crippen molar-refractivity contribution < 1.29 is 32.7 Å². The highest BCUT2D eigenvalue weighted by atomic mass is 35.5. The number of hydrogen-bond acceptors (Lipinski definition) is 8. The molecular weight excluding hydrogens is 936 g/mol. The first-order valence-electron chi connectivity index (χ1n) is 25.6. The van der Waals surface area contributed by atoms with Gasteiger partial charge in [0, 0.05) is 104 Å². The lowest BCUT2D eigenvalue weighted by Crippen LogP contribution is -2.52. The van der Waals surface area contributed by atoms with Crippen molar-refractivity contribution in [3.05, 3.63) is 130 Å². The Bertz CT molecular complexity index is 2390. The topological polar surface area (TPSA) is 127 Å². The quantitative estimate of drug-likeness (QED) is 0.0905. The highest BCUT2D eigenvalue weighted by Crippen LogP contribution is 2.37. The van der Waals surface area contributed by atoms with Crippen LogP contribution in [0.5, 0.6) is 5.75 Å². The Kier molecular flexibility index (Phi) is 20.4. The molecule has 0 atom stereocenters. The summed E-state index contributed by atoms with van der Waals surface area (Å²) in [6.45, 7) is 5.07. The molecule has 0 unspecified atom stereocenters. The minimum atomic E-state index is -0.692. The Hall–Kier alpha value is -5.57. The Morgan fingerprint density at radius 1 is 0.639 bits per heavy atom. The standard InChI is InChI=1S/C31H44N4O3.C26H32ClF2N3O2/c1-24-7-5-8-25(21-24)23-31(33(2)3)15-13-26(14-16-31)32-29(36)11-12-30(37)35-19-17-34(18-20-35)27-9-6-10-28(22-27)38-4;1-32(2)26(16-18-3-5-20(27)6-4-18)11-9-23(10-12-26)31-25(34)8-7-24(33)30-17-19-13-21(28)15-22(29)14-19/h5-10,21-22,26H,11-20,23H2,1-4H3,(H,32,36);3-6,13-15,23H,7-12,16-17H2,1-2H3,(H,30,33)(H,31,34). The van der Waals surface area contributed by atoms with Crippen LogP contribution in [0.4, 0.5) is 14.5 Å². The predicted octanol–water partition coefficient (Wildman–Crippen LogP) is 8.65. The molecule has 15 heteroatoms. The lowest BCUT2D eigenvalue weighted by Gasteiger charge is -2.45. The second-order valence-corrected chi connectivity index (χ2v) is 21.0. The minimum Gasteiger partial charge on any atom is -0.497 e. The second kappa shape index (κ2) is 26.4. The van der Waals surface area contributed by atoms with Gasteiger partial charge in [-0.15, -0.1) is 0 Å². The largest absolute Gasteiger partial charge is 0.497 e. The van der Waals surface area contributed by atoms with Gasteiger partial charge in [0.05, 0.1) is 7.11 Å². The van der Waals surface area contributed by atoms with Crippen molar-refractivity contribution in [2.24, 2.45) is 0 Å². The number of carbonyl (C=O) groups excluding carboxylic acids is 4. The van der Waals surface area contributed by atoms with Crippen LogP contribution >= 0.6 is 11.6 Å². The number of piperazine rings is 1. The molecule has 2 saturated carbocycles. The van der Waals surface area contributed by atoms with Gasteiger partial charge in [-0.2, -0.15) is 0 Å². The van der Waals surface area contributed by atoms with Crippen molar-refractivity contribution in [1.29, 1.82) is 0 Å². The van der Waals surface area contributed by atoms with Crippen LogP contribution in [0.25, 0.3) is 0 Å². The van der Waals surface area contributed by atoms with Gasteiger partial charge in [0.25, 0.3) is 0 Å². The zero-order chi connectivity index (χ0) is 51.8. The van der Waals surface area contributed by atoms with Crippen LogP contribution in [0.3, 0.4) is 0 Å². The number of aryl methyl sites for hydroxylation is 1. The molecule has 4 aromatic carbocycles. The lowest BCUT2D eigenvalue weighted by atomic mass is 9.74. The summed E-state index contributed by atoms with van der Waals surface area (Å²) >= 11 is 6.02. The molecule has 1 heterocycles. The molecule has 4 aromatic rings. The molecule has 7 rings (SSSR count). The first kappa shape index (κ1) is 55.7. The van der Waals surface area contributed by atoms with E-state index in [9.17, 15) is 28.0 Å². The van der Waals surface area contributed by atoms with Crippen LogP contribution in [0, 0.1) is 18.6 Å². The summed E-state index contributed by atoms with van der Waals surface area (Å²) in [6, 6.07) is 28.2. The summed E-state index contributed by atoms with van der Waals surface area (Å²) in [6.07, 6.45) is 10.3. The van der Waals surface area contributed by atoms with Crippen LogP contribution in [0.1, 0.15) is 99.3 Å². The third kappa shape index (κ3) is 16.5. The van der Waals surface area contributed by atoms with Crippen molar-refractivity contribution in [2.75, 3.05) is 66.4 Å². The molecule has 0 bridgehead atoms. The van der Waals surface area contributed by atoms with E-state index in [4.69, 9.17) is 16.3 Å². The zero-order valence-electron chi connectivity index (χ0n) is 43.2. The van der Waals surface area contributed by atoms with Gasteiger partial charge >= 0.3 is 0 Å². The normalized spacial score (nSPS) is 21.1. The highest BCUT2D eigenvalue weighted by Gasteiger charge is 2.39. The molecule has 12 nitrogen and oxygen atoms in total. The number of methoxy groups -OCH3 is 1. The number of hydrogen-bond donors (Lipinski definition) is 3. The number of ether oxygens (including phenoxy) is 1. The molecule has 72 heavy (non-hydrogen) atoms. The van der Waals surface area contributed by atoms with Crippen molar-refractivity contribution >= 4 is 40.9 Å². The molecule has 3 N–H and O–H groups in total. The van der Waals surface area contributed by atoms with Crippen LogP contribution < -0.4 is 25.6 Å². The predicted molar refractivity (Wildman–Crippen MR) is 282 cm³/mol. The SMILES string of the molecule is CN(C)C1(Cc2ccc(Cl)cc2)CCC(NC(=O)CCC(=O)NCc2cc(F)cc(F)c2)CC1.COc1cccc(N2CCN(C(=O)CCC(=O)NC3CCC(Cc4cccc(C)c4)(N(C)C)CC3)CC2)c1. The van der Waals surface area contributed by atoms with E-state index in [-0.39, 0.29) is 79.0 Å². The molecule has 3 aliphatic rings. The molecule has 0 aromatic heterocycles. The fourth-order valence-corrected chi connectivity index (χ4v) is 10.7. The van der Waals surface area contributed by atoms with Gasteiger partial charge in [0.1, 0.15) is 17.4 Å². The number of nitrogens with one attached hydrogen (secondary N) is 3. The number of nitrogens with zero attached hydrogens (tertiary/aromatic N) is 4. The average Bonchev–Trinajstić information content (AvgIpc) is 3.36.